The van der Waals surface area contributed by atoms with E-state index in [0.717, 1.165) is 12.2 Å². The summed E-state index contributed by atoms with van der Waals surface area (Å²) in [5.74, 6) is 0. The Kier molecular flexibility index (Phi) is 3.88. The van der Waals surface area contributed by atoms with Crippen LogP contribution >= 0.6 is 0 Å². The molecule has 1 fully saturated rings. The first-order valence-electron chi connectivity index (χ1n) is 7.47. The lowest BCUT2D eigenvalue weighted by atomic mass is 10.0. The molecule has 124 valence electrons. The Morgan fingerprint density at radius 1 is 1.09 bits per heavy atom. The van der Waals surface area contributed by atoms with E-state index in [1.165, 1.54) is 12.1 Å². The van der Waals surface area contributed by atoms with Gasteiger partial charge in [0.2, 0.25) is 10.0 Å². The molecule has 0 atom stereocenters. The maximum atomic E-state index is 11.3. The normalized spacial score (nSPS) is 20.7. The minimum atomic E-state index is -3.63. The topological polar surface area (TPSA) is 75.2 Å². The molecule has 2 rings (SSSR count). The summed E-state index contributed by atoms with van der Waals surface area (Å²) in [4.78, 5) is 2.63. The van der Waals surface area contributed by atoms with Crippen molar-refractivity contribution in [2.75, 3.05) is 11.9 Å². The third-order valence-corrected chi connectivity index (χ3v) is 6.01. The van der Waals surface area contributed by atoms with E-state index < -0.39 is 10.0 Å². The predicted octanol–water partition coefficient (Wildman–Crippen LogP) is 2.40. The summed E-state index contributed by atoms with van der Waals surface area (Å²) in [6.45, 7) is 14.2. The van der Waals surface area contributed by atoms with Gasteiger partial charge >= 0.3 is 0 Å². The fourth-order valence-corrected chi connectivity index (χ4v) is 4.11. The van der Waals surface area contributed by atoms with Gasteiger partial charge in [-0.2, -0.15) is 0 Å². The number of rotatable bonds is 5. The van der Waals surface area contributed by atoms with Gasteiger partial charge in [-0.1, -0.05) is 0 Å². The van der Waals surface area contributed by atoms with Crippen molar-refractivity contribution in [1.29, 1.82) is 0 Å². The van der Waals surface area contributed by atoms with Crippen molar-refractivity contribution in [3.63, 3.8) is 0 Å². The van der Waals surface area contributed by atoms with Gasteiger partial charge in [0.25, 0.3) is 0 Å². The number of nitrogens with zero attached hydrogens (tertiary/aromatic N) is 1. The number of anilines is 1. The molecule has 0 spiro atoms. The van der Waals surface area contributed by atoms with Crippen LogP contribution in [0.2, 0.25) is 0 Å². The van der Waals surface area contributed by atoms with Gasteiger partial charge < -0.3 is 5.32 Å². The number of hydrogen-bond acceptors (Lipinski definition) is 4. The second-order valence-electron chi connectivity index (χ2n) is 7.69. The Bertz CT molecular complexity index is 647. The number of primary sulfonamides is 1. The van der Waals surface area contributed by atoms with E-state index in [0.29, 0.717) is 0 Å². The van der Waals surface area contributed by atoms with Crippen LogP contribution < -0.4 is 10.5 Å². The highest BCUT2D eigenvalue weighted by Crippen LogP contribution is 2.55. The van der Waals surface area contributed by atoms with Crippen LogP contribution in [0.5, 0.6) is 0 Å². The van der Waals surface area contributed by atoms with E-state index in [4.69, 9.17) is 5.14 Å². The molecule has 1 heterocycles. The van der Waals surface area contributed by atoms with Gasteiger partial charge in [0.1, 0.15) is 0 Å². The highest BCUT2D eigenvalue weighted by Gasteiger charge is 2.67. The lowest BCUT2D eigenvalue weighted by Gasteiger charge is -2.31. The molecule has 1 saturated heterocycles. The molecule has 1 aromatic rings. The molecule has 1 aliphatic heterocycles. The first-order chi connectivity index (χ1) is 9.80. The van der Waals surface area contributed by atoms with Gasteiger partial charge in [0, 0.05) is 28.8 Å². The molecule has 3 N–H and O–H groups in total. The molecule has 0 aliphatic carbocycles. The van der Waals surface area contributed by atoms with Gasteiger partial charge in [-0.15, -0.1) is 0 Å². The molecule has 0 saturated carbocycles. The molecule has 0 radical (unpaired) electrons. The van der Waals surface area contributed by atoms with Gasteiger partial charge in [0.15, 0.2) is 0 Å². The zero-order valence-electron chi connectivity index (χ0n) is 14.3. The molecular weight excluding hydrogens is 298 g/mol. The first-order valence-corrected chi connectivity index (χ1v) is 9.02. The molecule has 6 heteroatoms. The van der Waals surface area contributed by atoms with Gasteiger partial charge in [-0.05, 0) is 65.8 Å². The fourth-order valence-electron chi connectivity index (χ4n) is 3.59. The van der Waals surface area contributed by atoms with Crippen LogP contribution in [-0.4, -0.2) is 36.5 Å². The summed E-state index contributed by atoms with van der Waals surface area (Å²) < 4.78 is 22.5. The monoisotopic (exact) mass is 325 g/mol. The van der Waals surface area contributed by atoms with Crippen LogP contribution in [0.3, 0.4) is 0 Å². The summed E-state index contributed by atoms with van der Waals surface area (Å²) in [7, 11) is -3.63. The van der Waals surface area contributed by atoms with E-state index in [1.54, 1.807) is 12.1 Å². The Balaban J connectivity index is 2.04. The maximum Gasteiger partial charge on any atom is 0.238 e. The summed E-state index contributed by atoms with van der Waals surface area (Å²) in [6.07, 6.45) is 0. The molecular formula is C16H27N3O2S. The highest BCUT2D eigenvalue weighted by atomic mass is 32.2. The standard InChI is InChI=1S/C16H27N3O2S/c1-14(2,19-15(3,4)16(19,5)6)11-18-12-7-9-13(10-8-12)22(17,20)21/h7-10,18H,11H2,1-6H3,(H2,17,20,21). The lowest BCUT2D eigenvalue weighted by Crippen LogP contribution is -2.42. The van der Waals surface area contributed by atoms with E-state index in [1.807, 2.05) is 0 Å². The van der Waals surface area contributed by atoms with Gasteiger partial charge in [0.05, 0.1) is 4.90 Å². The van der Waals surface area contributed by atoms with E-state index in [9.17, 15) is 8.42 Å². The maximum absolute atomic E-state index is 11.3. The predicted molar refractivity (Wildman–Crippen MR) is 90.4 cm³/mol. The second kappa shape index (κ2) is 4.94. The third-order valence-electron chi connectivity index (χ3n) is 5.08. The first kappa shape index (κ1) is 17.2. The van der Waals surface area contributed by atoms with Crippen molar-refractivity contribution in [1.82, 2.24) is 4.90 Å². The molecule has 0 amide bonds. The molecule has 5 nitrogen and oxygen atoms in total. The minimum absolute atomic E-state index is 0.00832. The average molecular weight is 325 g/mol. The van der Waals surface area contributed by atoms with Crippen molar-refractivity contribution in [2.24, 2.45) is 5.14 Å². The van der Waals surface area contributed by atoms with Gasteiger partial charge in [-0.3, -0.25) is 4.90 Å². The van der Waals surface area contributed by atoms with Crippen molar-refractivity contribution in [2.45, 2.75) is 63.1 Å². The summed E-state index contributed by atoms with van der Waals surface area (Å²) in [5, 5.41) is 8.49. The number of benzene rings is 1. The Hall–Kier alpha value is -1.11. The van der Waals surface area contributed by atoms with Crippen molar-refractivity contribution in [3.8, 4) is 0 Å². The SMILES string of the molecule is CC(C)(CNc1ccc(S(N)(=O)=O)cc1)N1C(C)(C)C1(C)C. The van der Waals surface area contributed by atoms with Crippen LogP contribution in [0.25, 0.3) is 0 Å². The number of hydrogen-bond donors (Lipinski definition) is 2. The molecule has 0 unspecified atom stereocenters. The zero-order chi connectivity index (χ0) is 17.0. The van der Waals surface area contributed by atoms with Crippen LogP contribution in [-0.2, 0) is 10.0 Å². The van der Waals surface area contributed by atoms with Crippen LogP contribution in [0, 0.1) is 0 Å². The Morgan fingerprint density at radius 3 is 1.91 bits per heavy atom. The van der Waals surface area contributed by atoms with Crippen molar-refractivity contribution >= 4 is 15.7 Å². The second-order valence-corrected chi connectivity index (χ2v) is 9.25. The summed E-state index contributed by atoms with van der Waals surface area (Å²) in [5.41, 5.74) is 1.23. The van der Waals surface area contributed by atoms with Crippen LogP contribution in [0.4, 0.5) is 5.69 Å². The lowest BCUT2D eigenvalue weighted by molar-refractivity contribution is 0.222. The van der Waals surface area contributed by atoms with Gasteiger partial charge in [-0.25, -0.2) is 13.6 Å². The van der Waals surface area contributed by atoms with Crippen molar-refractivity contribution in [3.05, 3.63) is 24.3 Å². The Labute approximate surface area is 133 Å². The third kappa shape index (κ3) is 2.87. The molecule has 1 aromatic carbocycles. The van der Waals surface area contributed by atoms with E-state index >= 15 is 0 Å². The molecule has 0 bridgehead atoms. The van der Waals surface area contributed by atoms with E-state index in [2.05, 4.69) is 51.8 Å². The zero-order valence-corrected chi connectivity index (χ0v) is 15.1. The Morgan fingerprint density at radius 2 is 1.55 bits per heavy atom. The minimum Gasteiger partial charge on any atom is -0.383 e. The highest BCUT2D eigenvalue weighted by molar-refractivity contribution is 7.89. The number of nitrogens with two attached hydrogens (primary N) is 1. The van der Waals surface area contributed by atoms with Crippen LogP contribution in [0.15, 0.2) is 29.2 Å². The summed E-state index contributed by atoms with van der Waals surface area (Å²) >= 11 is 0. The van der Waals surface area contributed by atoms with E-state index in [-0.39, 0.29) is 21.5 Å². The smallest absolute Gasteiger partial charge is 0.238 e. The largest absolute Gasteiger partial charge is 0.383 e. The molecule has 22 heavy (non-hydrogen) atoms. The molecule has 1 aliphatic rings. The fraction of sp³-hybridized carbons (Fsp3) is 0.625. The number of sulfonamides is 1. The average Bonchev–Trinajstić information content (AvgIpc) is 2.77. The summed E-state index contributed by atoms with van der Waals surface area (Å²) in [6, 6.07) is 6.54. The number of nitrogens with one attached hydrogen (secondary N) is 1. The molecule has 0 aromatic heterocycles. The van der Waals surface area contributed by atoms with Crippen molar-refractivity contribution < 1.29 is 8.42 Å². The van der Waals surface area contributed by atoms with Crippen LogP contribution in [0.1, 0.15) is 41.5 Å². The quantitative estimate of drug-likeness (QED) is 0.815.